The molecule has 1 atom stereocenters. The molecule has 1 aromatic heterocycles. The van der Waals surface area contributed by atoms with E-state index < -0.39 is 17.8 Å². The van der Waals surface area contributed by atoms with E-state index in [-0.39, 0.29) is 16.5 Å². The number of aromatic hydroxyl groups is 1. The zero-order chi connectivity index (χ0) is 13.7. The van der Waals surface area contributed by atoms with Crippen LogP contribution >= 0.6 is 11.6 Å². The Labute approximate surface area is 109 Å². The minimum absolute atomic E-state index is 0.0547. The number of Topliss-reactive ketones (excluding diaryl/α,β-unsaturated/α-hetero) is 1. The highest BCUT2D eigenvalue weighted by Crippen LogP contribution is 2.21. The molecule has 18 heavy (non-hydrogen) atoms. The standard InChI is InChI=1S/C11H13ClN2O4/c1-3-13-8(11(17)18-2)9(15)6-4-7(12)10(16)14-5-6/h4-5,8,13H,3H2,1-2H3,(H,14,16). The summed E-state index contributed by atoms with van der Waals surface area (Å²) in [4.78, 5) is 27.1. The molecular weight excluding hydrogens is 260 g/mol. The first-order valence-corrected chi connectivity index (χ1v) is 5.59. The first-order chi connectivity index (χ1) is 8.51. The summed E-state index contributed by atoms with van der Waals surface area (Å²) < 4.78 is 4.54. The van der Waals surface area contributed by atoms with Crippen molar-refractivity contribution in [1.29, 1.82) is 0 Å². The highest BCUT2D eigenvalue weighted by Gasteiger charge is 2.28. The molecule has 1 heterocycles. The highest BCUT2D eigenvalue weighted by molar-refractivity contribution is 6.32. The normalized spacial score (nSPS) is 11.9. The molecule has 1 unspecified atom stereocenters. The lowest BCUT2D eigenvalue weighted by atomic mass is 10.1. The number of carbonyl (C=O) groups is 2. The first kappa shape index (κ1) is 14.4. The van der Waals surface area contributed by atoms with E-state index in [1.165, 1.54) is 13.2 Å². The summed E-state index contributed by atoms with van der Waals surface area (Å²) in [5, 5.41) is 11.8. The number of nitrogens with one attached hydrogen (secondary N) is 1. The van der Waals surface area contributed by atoms with Crippen molar-refractivity contribution >= 4 is 23.4 Å². The second-order valence-corrected chi connectivity index (χ2v) is 3.81. The van der Waals surface area contributed by atoms with Crippen LogP contribution in [0.1, 0.15) is 17.3 Å². The molecule has 0 aliphatic carbocycles. The van der Waals surface area contributed by atoms with Crippen LogP contribution < -0.4 is 5.32 Å². The van der Waals surface area contributed by atoms with Crippen molar-refractivity contribution < 1.29 is 19.4 Å². The number of pyridine rings is 1. The first-order valence-electron chi connectivity index (χ1n) is 5.21. The van der Waals surface area contributed by atoms with E-state index in [2.05, 4.69) is 15.0 Å². The van der Waals surface area contributed by atoms with E-state index in [0.29, 0.717) is 6.54 Å². The van der Waals surface area contributed by atoms with Crippen LogP contribution in [0.5, 0.6) is 5.88 Å². The van der Waals surface area contributed by atoms with Crippen LogP contribution in [0.2, 0.25) is 5.02 Å². The van der Waals surface area contributed by atoms with Crippen LogP contribution in [0.25, 0.3) is 0 Å². The zero-order valence-electron chi connectivity index (χ0n) is 9.94. The maximum Gasteiger partial charge on any atom is 0.331 e. The van der Waals surface area contributed by atoms with E-state index in [1.807, 2.05) is 0 Å². The molecule has 0 aromatic carbocycles. The summed E-state index contributed by atoms with van der Waals surface area (Å²) in [6.45, 7) is 2.18. The smallest absolute Gasteiger partial charge is 0.331 e. The fraction of sp³-hybridized carbons (Fsp3) is 0.364. The van der Waals surface area contributed by atoms with E-state index in [1.54, 1.807) is 6.92 Å². The molecular formula is C11H13ClN2O4. The van der Waals surface area contributed by atoms with Crippen molar-refractivity contribution in [3.05, 3.63) is 22.8 Å². The van der Waals surface area contributed by atoms with Gasteiger partial charge in [-0.25, -0.2) is 9.78 Å². The van der Waals surface area contributed by atoms with Gasteiger partial charge in [-0.1, -0.05) is 18.5 Å². The zero-order valence-corrected chi connectivity index (χ0v) is 10.7. The van der Waals surface area contributed by atoms with E-state index in [0.717, 1.165) is 6.20 Å². The third kappa shape index (κ3) is 3.18. The fourth-order valence-electron chi connectivity index (χ4n) is 1.34. The van der Waals surface area contributed by atoms with Crippen molar-refractivity contribution in [3.63, 3.8) is 0 Å². The lowest BCUT2D eigenvalue weighted by Crippen LogP contribution is -2.44. The minimum atomic E-state index is -1.11. The monoisotopic (exact) mass is 272 g/mol. The number of aromatic nitrogens is 1. The number of esters is 1. The predicted molar refractivity (Wildman–Crippen MR) is 64.7 cm³/mol. The third-order valence-corrected chi connectivity index (χ3v) is 2.49. The molecule has 2 N–H and O–H groups in total. The van der Waals surface area contributed by atoms with Crippen LogP contribution in [0, 0.1) is 0 Å². The number of likely N-dealkylation sites (N-methyl/N-ethyl adjacent to an activating group) is 1. The number of rotatable bonds is 5. The second-order valence-electron chi connectivity index (χ2n) is 3.41. The Morgan fingerprint density at radius 2 is 2.28 bits per heavy atom. The molecule has 0 spiro atoms. The number of ketones is 1. The minimum Gasteiger partial charge on any atom is -0.492 e. The number of ether oxygens (including phenoxy) is 1. The molecule has 7 heteroatoms. The maximum absolute atomic E-state index is 12.1. The summed E-state index contributed by atoms with van der Waals surface area (Å²) in [5.41, 5.74) is 0.120. The molecule has 0 radical (unpaired) electrons. The topological polar surface area (TPSA) is 88.5 Å². The molecule has 0 bridgehead atoms. The van der Waals surface area contributed by atoms with Gasteiger partial charge in [0.2, 0.25) is 5.88 Å². The van der Waals surface area contributed by atoms with Crippen molar-refractivity contribution in [2.75, 3.05) is 13.7 Å². The van der Waals surface area contributed by atoms with Gasteiger partial charge in [0, 0.05) is 11.8 Å². The van der Waals surface area contributed by atoms with Crippen molar-refractivity contribution in [1.82, 2.24) is 10.3 Å². The van der Waals surface area contributed by atoms with Gasteiger partial charge in [0.05, 0.1) is 7.11 Å². The van der Waals surface area contributed by atoms with Crippen molar-refractivity contribution in [2.45, 2.75) is 13.0 Å². The molecule has 1 rings (SSSR count). The van der Waals surface area contributed by atoms with E-state index in [9.17, 15) is 9.59 Å². The summed E-state index contributed by atoms with van der Waals surface area (Å²) in [6, 6.07) is 0.141. The van der Waals surface area contributed by atoms with Crippen LogP contribution in [0.3, 0.4) is 0 Å². The van der Waals surface area contributed by atoms with Gasteiger partial charge in [-0.15, -0.1) is 0 Å². The number of methoxy groups -OCH3 is 1. The number of nitrogens with zero attached hydrogens (tertiary/aromatic N) is 1. The Morgan fingerprint density at radius 1 is 1.61 bits per heavy atom. The van der Waals surface area contributed by atoms with Crippen molar-refractivity contribution in [3.8, 4) is 5.88 Å². The van der Waals surface area contributed by atoms with Crippen LogP contribution in [0.4, 0.5) is 0 Å². The average molecular weight is 273 g/mol. The van der Waals surface area contributed by atoms with Gasteiger partial charge in [-0.2, -0.15) is 0 Å². The van der Waals surface area contributed by atoms with Crippen molar-refractivity contribution in [2.24, 2.45) is 0 Å². The van der Waals surface area contributed by atoms with Crippen LogP contribution in [-0.2, 0) is 9.53 Å². The molecule has 6 nitrogen and oxygen atoms in total. The molecule has 0 saturated heterocycles. The molecule has 0 fully saturated rings. The summed E-state index contributed by atoms with van der Waals surface area (Å²) in [7, 11) is 1.20. The Balaban J connectivity index is 3.01. The van der Waals surface area contributed by atoms with Gasteiger partial charge < -0.3 is 9.84 Å². The molecule has 0 aliphatic rings. The molecule has 0 amide bonds. The van der Waals surface area contributed by atoms with Crippen LogP contribution in [-0.4, -0.2) is 41.5 Å². The quantitative estimate of drug-likeness (QED) is 0.468. The maximum atomic E-state index is 12.1. The number of carbonyl (C=O) groups excluding carboxylic acids is 2. The Bertz CT molecular complexity index is 464. The molecule has 98 valence electrons. The Hall–Kier alpha value is -1.66. The molecule has 0 aliphatic heterocycles. The van der Waals surface area contributed by atoms with Gasteiger partial charge in [-0.3, -0.25) is 10.1 Å². The van der Waals surface area contributed by atoms with Gasteiger partial charge >= 0.3 is 5.97 Å². The number of hydrogen-bond acceptors (Lipinski definition) is 6. The van der Waals surface area contributed by atoms with Crippen LogP contribution in [0.15, 0.2) is 12.3 Å². The SMILES string of the molecule is CCNC(C(=O)OC)C(=O)c1cnc(O)c(Cl)c1. The number of halogens is 1. The van der Waals surface area contributed by atoms with Gasteiger partial charge in [-0.05, 0) is 12.6 Å². The molecule has 0 saturated carbocycles. The second kappa shape index (κ2) is 6.32. The largest absolute Gasteiger partial charge is 0.492 e. The molecule has 1 aromatic rings. The Kier molecular flexibility index (Phi) is 5.06. The van der Waals surface area contributed by atoms with E-state index >= 15 is 0 Å². The summed E-state index contributed by atoms with van der Waals surface area (Å²) >= 11 is 5.65. The third-order valence-electron chi connectivity index (χ3n) is 2.21. The Morgan fingerprint density at radius 3 is 2.78 bits per heavy atom. The van der Waals surface area contributed by atoms with Gasteiger partial charge in [0.25, 0.3) is 0 Å². The lowest BCUT2D eigenvalue weighted by Gasteiger charge is -2.14. The van der Waals surface area contributed by atoms with Gasteiger partial charge in [0.15, 0.2) is 11.8 Å². The average Bonchev–Trinajstić information content (AvgIpc) is 2.37. The van der Waals surface area contributed by atoms with Gasteiger partial charge in [0.1, 0.15) is 5.02 Å². The predicted octanol–water partition coefficient (Wildman–Crippen LogP) is 0.774. The lowest BCUT2D eigenvalue weighted by molar-refractivity contribution is -0.141. The van der Waals surface area contributed by atoms with E-state index in [4.69, 9.17) is 16.7 Å². The highest BCUT2D eigenvalue weighted by atomic mass is 35.5. The fourth-order valence-corrected chi connectivity index (χ4v) is 1.50. The summed E-state index contributed by atoms with van der Waals surface area (Å²) in [5.74, 6) is -1.57. The number of hydrogen-bond donors (Lipinski definition) is 2. The summed E-state index contributed by atoms with van der Waals surface area (Å²) in [6.07, 6.45) is 1.15.